The van der Waals surface area contributed by atoms with Gasteiger partial charge in [0.05, 0.1) is 0 Å². The van der Waals surface area contributed by atoms with Crippen LogP contribution in [-0.2, 0) is 11.2 Å². The Morgan fingerprint density at radius 1 is 1.44 bits per heavy atom. The van der Waals surface area contributed by atoms with Gasteiger partial charge < -0.3 is 5.73 Å². The molecule has 2 N–H and O–H groups in total. The lowest BCUT2D eigenvalue weighted by atomic mass is 9.84. The monoisotopic (exact) mass is 315 g/mol. The fourth-order valence-electron chi connectivity index (χ4n) is 1.51. The summed E-state index contributed by atoms with van der Waals surface area (Å²) in [6.07, 6.45) is 0.366. The highest BCUT2D eigenvalue weighted by Gasteiger charge is 2.23. The number of rotatable bonds is 4. The van der Waals surface area contributed by atoms with E-state index in [1.165, 1.54) is 6.07 Å². The number of carbonyl (C=O) groups excluding carboxylic acids is 1. The average molecular weight is 316 g/mol. The van der Waals surface area contributed by atoms with E-state index in [1.807, 2.05) is 20.8 Å². The van der Waals surface area contributed by atoms with Gasteiger partial charge in [0.25, 0.3) is 0 Å². The van der Waals surface area contributed by atoms with Gasteiger partial charge in [0.2, 0.25) is 0 Å². The number of carbonyl (C=O) groups is 1. The topological polar surface area (TPSA) is 43.1 Å². The van der Waals surface area contributed by atoms with Crippen molar-refractivity contribution in [2.24, 2.45) is 11.1 Å². The smallest absolute Gasteiger partial charge is 0.138 e. The molecule has 0 aliphatic carbocycles. The third kappa shape index (κ3) is 4.50. The fraction of sp³-hybridized carbons (Fsp3) is 0.500. The van der Waals surface area contributed by atoms with Crippen molar-refractivity contribution in [2.45, 2.75) is 39.7 Å². The van der Waals surface area contributed by atoms with Crippen LogP contribution in [0.1, 0.15) is 32.8 Å². The summed E-state index contributed by atoms with van der Waals surface area (Å²) >= 11 is 3.27. The van der Waals surface area contributed by atoms with Crippen LogP contribution < -0.4 is 5.73 Å². The largest absolute Gasteiger partial charge is 0.327 e. The fourth-order valence-corrected chi connectivity index (χ4v) is 1.92. The Bertz CT molecular complexity index is 440. The van der Waals surface area contributed by atoms with E-state index in [-0.39, 0.29) is 35.9 Å². The van der Waals surface area contributed by atoms with Crippen molar-refractivity contribution < 1.29 is 9.18 Å². The molecule has 0 heterocycles. The molecule has 0 aliphatic rings. The first kappa shape index (κ1) is 15.3. The van der Waals surface area contributed by atoms with Gasteiger partial charge in [-0.2, -0.15) is 0 Å². The van der Waals surface area contributed by atoms with Crippen molar-refractivity contribution in [1.29, 1.82) is 0 Å². The SMILES string of the molecule is CC(C)(C)C(N)CC(=O)Cc1cc(Br)ccc1F. The summed E-state index contributed by atoms with van der Waals surface area (Å²) in [5.41, 5.74) is 6.24. The molecule has 0 spiro atoms. The molecule has 0 saturated carbocycles. The van der Waals surface area contributed by atoms with Crippen LogP contribution in [0.4, 0.5) is 4.39 Å². The van der Waals surface area contributed by atoms with E-state index >= 15 is 0 Å². The molecule has 0 amide bonds. The number of hydrogen-bond acceptors (Lipinski definition) is 2. The Kier molecular flexibility index (Phi) is 5.05. The molecule has 0 aromatic heterocycles. The molecule has 100 valence electrons. The number of benzene rings is 1. The second-order valence-corrected chi connectivity index (χ2v) is 6.54. The maximum atomic E-state index is 13.5. The van der Waals surface area contributed by atoms with E-state index in [1.54, 1.807) is 12.1 Å². The molecule has 1 rings (SSSR count). The van der Waals surface area contributed by atoms with E-state index in [0.717, 1.165) is 4.47 Å². The summed E-state index contributed by atoms with van der Waals surface area (Å²) in [5.74, 6) is -0.384. The number of ketones is 1. The summed E-state index contributed by atoms with van der Waals surface area (Å²) in [7, 11) is 0. The van der Waals surface area contributed by atoms with Gasteiger partial charge in [0, 0.05) is 23.4 Å². The average Bonchev–Trinajstić information content (AvgIpc) is 2.22. The lowest BCUT2D eigenvalue weighted by Gasteiger charge is -2.26. The molecule has 0 aliphatic heterocycles. The van der Waals surface area contributed by atoms with E-state index in [2.05, 4.69) is 15.9 Å². The molecule has 0 radical (unpaired) electrons. The molecular formula is C14H19BrFNO. The minimum atomic E-state index is -0.351. The van der Waals surface area contributed by atoms with E-state index in [9.17, 15) is 9.18 Å². The van der Waals surface area contributed by atoms with Crippen molar-refractivity contribution in [3.8, 4) is 0 Å². The zero-order valence-electron chi connectivity index (χ0n) is 11.0. The molecule has 18 heavy (non-hydrogen) atoms. The number of hydrogen-bond donors (Lipinski definition) is 1. The lowest BCUT2D eigenvalue weighted by Crippen LogP contribution is -2.37. The van der Waals surface area contributed by atoms with Gasteiger partial charge in [0.15, 0.2) is 0 Å². The summed E-state index contributed by atoms with van der Waals surface area (Å²) in [6.45, 7) is 5.97. The molecule has 1 atom stereocenters. The summed E-state index contributed by atoms with van der Waals surface area (Å²) < 4.78 is 14.3. The molecular weight excluding hydrogens is 297 g/mol. The predicted octanol–water partition coefficient (Wildman–Crippen LogP) is 3.46. The highest BCUT2D eigenvalue weighted by Crippen LogP contribution is 2.21. The van der Waals surface area contributed by atoms with Gasteiger partial charge in [-0.25, -0.2) is 4.39 Å². The molecule has 0 bridgehead atoms. The maximum Gasteiger partial charge on any atom is 0.138 e. The first-order chi connectivity index (χ1) is 8.20. The zero-order chi connectivity index (χ0) is 13.9. The molecule has 1 aromatic carbocycles. The Labute approximate surface area is 116 Å². The van der Waals surface area contributed by atoms with Crippen LogP contribution in [0.3, 0.4) is 0 Å². The second-order valence-electron chi connectivity index (χ2n) is 5.63. The summed E-state index contributed by atoms with van der Waals surface area (Å²) in [6, 6.07) is 4.40. The lowest BCUT2D eigenvalue weighted by molar-refractivity contribution is -0.119. The Hall–Kier alpha value is -0.740. The van der Waals surface area contributed by atoms with Crippen LogP contribution in [-0.4, -0.2) is 11.8 Å². The number of Topliss-reactive ketones (excluding diaryl/α,β-unsaturated/α-hetero) is 1. The van der Waals surface area contributed by atoms with Gasteiger partial charge in [-0.05, 0) is 29.2 Å². The summed E-state index contributed by atoms with van der Waals surface area (Å²) in [5, 5.41) is 0. The van der Waals surface area contributed by atoms with Crippen LogP contribution >= 0.6 is 15.9 Å². The highest BCUT2D eigenvalue weighted by molar-refractivity contribution is 9.10. The van der Waals surface area contributed by atoms with E-state index in [0.29, 0.717) is 5.56 Å². The van der Waals surface area contributed by atoms with Gasteiger partial charge in [-0.1, -0.05) is 36.7 Å². The third-order valence-corrected chi connectivity index (χ3v) is 3.45. The van der Waals surface area contributed by atoms with Gasteiger partial charge in [0.1, 0.15) is 11.6 Å². The first-order valence-corrected chi connectivity index (χ1v) is 6.70. The van der Waals surface area contributed by atoms with E-state index < -0.39 is 0 Å². The van der Waals surface area contributed by atoms with Crippen molar-refractivity contribution in [2.75, 3.05) is 0 Å². The van der Waals surface area contributed by atoms with Crippen molar-refractivity contribution in [3.05, 3.63) is 34.1 Å². The predicted molar refractivity (Wildman–Crippen MR) is 74.9 cm³/mol. The van der Waals surface area contributed by atoms with Crippen LogP contribution in [0.5, 0.6) is 0 Å². The normalized spacial score (nSPS) is 13.4. The molecule has 0 fully saturated rings. The highest BCUT2D eigenvalue weighted by atomic mass is 79.9. The van der Waals surface area contributed by atoms with Crippen LogP contribution in [0.25, 0.3) is 0 Å². The zero-order valence-corrected chi connectivity index (χ0v) is 12.6. The second kappa shape index (κ2) is 5.93. The third-order valence-electron chi connectivity index (χ3n) is 2.96. The number of halogens is 2. The maximum absolute atomic E-state index is 13.5. The molecule has 4 heteroatoms. The van der Waals surface area contributed by atoms with Gasteiger partial charge >= 0.3 is 0 Å². The molecule has 1 unspecified atom stereocenters. The Balaban J connectivity index is 2.68. The van der Waals surface area contributed by atoms with Gasteiger partial charge in [-0.3, -0.25) is 4.79 Å². The first-order valence-electron chi connectivity index (χ1n) is 5.91. The van der Waals surface area contributed by atoms with Crippen LogP contribution in [0.2, 0.25) is 0 Å². The van der Waals surface area contributed by atoms with E-state index in [4.69, 9.17) is 5.73 Å². The quantitative estimate of drug-likeness (QED) is 0.924. The molecule has 1 aromatic rings. The van der Waals surface area contributed by atoms with Gasteiger partial charge in [-0.15, -0.1) is 0 Å². The van der Waals surface area contributed by atoms with Crippen molar-refractivity contribution in [3.63, 3.8) is 0 Å². The Morgan fingerprint density at radius 2 is 2.06 bits per heavy atom. The van der Waals surface area contributed by atoms with Crippen molar-refractivity contribution >= 4 is 21.7 Å². The minimum Gasteiger partial charge on any atom is -0.327 e. The van der Waals surface area contributed by atoms with Crippen molar-refractivity contribution in [1.82, 2.24) is 0 Å². The Morgan fingerprint density at radius 3 is 2.61 bits per heavy atom. The minimum absolute atomic E-state index is 0.0329. The number of nitrogens with two attached hydrogens (primary N) is 1. The molecule has 0 saturated heterocycles. The van der Waals surface area contributed by atoms with Crippen LogP contribution in [0, 0.1) is 11.2 Å². The standard InChI is InChI=1S/C14H19BrFNO/c1-14(2,3)13(17)8-11(18)7-9-6-10(15)4-5-12(9)16/h4-6,13H,7-8,17H2,1-3H3. The summed E-state index contributed by atoms with van der Waals surface area (Å²) in [4.78, 5) is 11.9. The molecule has 2 nitrogen and oxygen atoms in total. The van der Waals surface area contributed by atoms with Crippen LogP contribution in [0.15, 0.2) is 22.7 Å².